The molecular formula is C25H31N7O3. The monoisotopic (exact) mass is 477 g/mol. The number of nitrogens with one attached hydrogen (secondary N) is 1. The number of aryl methyl sites for hydroxylation is 1. The number of hydrogen-bond acceptors (Lipinski definition) is 7. The van der Waals surface area contributed by atoms with E-state index in [0.717, 1.165) is 22.5 Å². The van der Waals surface area contributed by atoms with Gasteiger partial charge in [0.15, 0.2) is 0 Å². The molecule has 0 spiro atoms. The van der Waals surface area contributed by atoms with Crippen LogP contribution in [0.3, 0.4) is 0 Å². The highest BCUT2D eigenvalue weighted by atomic mass is 16.6. The van der Waals surface area contributed by atoms with Gasteiger partial charge in [0.1, 0.15) is 18.0 Å². The largest absolute Gasteiger partial charge is 0.444 e. The van der Waals surface area contributed by atoms with Crippen LogP contribution in [0, 0.1) is 6.92 Å². The van der Waals surface area contributed by atoms with Crippen molar-refractivity contribution >= 4 is 23.5 Å². The zero-order valence-corrected chi connectivity index (χ0v) is 20.6. The first-order valence-electron chi connectivity index (χ1n) is 11.6. The number of amides is 2. The third-order valence-corrected chi connectivity index (χ3v) is 5.48. The average Bonchev–Trinajstić information content (AvgIpc) is 3.27. The number of aromatic nitrogens is 4. The molecule has 3 aromatic heterocycles. The van der Waals surface area contributed by atoms with E-state index in [4.69, 9.17) is 4.74 Å². The summed E-state index contributed by atoms with van der Waals surface area (Å²) < 4.78 is 7.05. The van der Waals surface area contributed by atoms with Crippen molar-refractivity contribution in [2.45, 2.75) is 39.8 Å². The number of nitrogens with zero attached hydrogens (tertiary/aromatic N) is 6. The van der Waals surface area contributed by atoms with Crippen molar-refractivity contribution in [1.82, 2.24) is 24.6 Å². The van der Waals surface area contributed by atoms with Crippen LogP contribution in [-0.2, 0) is 16.1 Å². The lowest BCUT2D eigenvalue weighted by Gasteiger charge is -2.36. The fourth-order valence-electron chi connectivity index (χ4n) is 3.77. The molecule has 0 aliphatic carbocycles. The van der Waals surface area contributed by atoms with E-state index in [9.17, 15) is 9.59 Å². The SMILES string of the molecule is Cc1cc(-c2cnn(CC(=O)Nc3ccc(N4CCN(C(=O)OC(C)(C)C)CC4)cn3)c2)ccn1. The first-order valence-corrected chi connectivity index (χ1v) is 11.6. The van der Waals surface area contributed by atoms with Gasteiger partial charge >= 0.3 is 6.09 Å². The Morgan fingerprint density at radius 3 is 2.46 bits per heavy atom. The number of pyridine rings is 2. The lowest BCUT2D eigenvalue weighted by atomic mass is 10.1. The second-order valence-electron chi connectivity index (χ2n) is 9.52. The molecule has 35 heavy (non-hydrogen) atoms. The summed E-state index contributed by atoms with van der Waals surface area (Å²) in [4.78, 5) is 37.2. The van der Waals surface area contributed by atoms with Crippen LogP contribution in [0.2, 0.25) is 0 Å². The lowest BCUT2D eigenvalue weighted by Crippen LogP contribution is -2.50. The van der Waals surface area contributed by atoms with Crippen LogP contribution in [0.25, 0.3) is 11.1 Å². The van der Waals surface area contributed by atoms with Crippen molar-refractivity contribution in [3.63, 3.8) is 0 Å². The molecule has 2 amide bonds. The topological polar surface area (TPSA) is 105 Å². The molecule has 0 atom stereocenters. The van der Waals surface area contributed by atoms with E-state index in [1.807, 2.05) is 52.1 Å². The van der Waals surface area contributed by atoms with Crippen LogP contribution in [0.15, 0.2) is 49.1 Å². The Morgan fingerprint density at radius 2 is 1.80 bits per heavy atom. The molecule has 4 rings (SSSR count). The summed E-state index contributed by atoms with van der Waals surface area (Å²) in [7, 11) is 0. The summed E-state index contributed by atoms with van der Waals surface area (Å²) in [6.07, 6.45) is 6.77. The molecule has 4 heterocycles. The van der Waals surface area contributed by atoms with Gasteiger partial charge in [-0.2, -0.15) is 5.10 Å². The van der Waals surface area contributed by atoms with Crippen LogP contribution in [0.1, 0.15) is 26.5 Å². The molecule has 1 aliphatic rings. The molecule has 0 unspecified atom stereocenters. The summed E-state index contributed by atoms with van der Waals surface area (Å²) in [5.74, 6) is 0.264. The lowest BCUT2D eigenvalue weighted by molar-refractivity contribution is -0.116. The minimum atomic E-state index is -0.503. The Hall–Kier alpha value is -3.95. The maximum absolute atomic E-state index is 12.5. The molecule has 184 valence electrons. The van der Waals surface area contributed by atoms with Crippen LogP contribution >= 0.6 is 0 Å². The van der Waals surface area contributed by atoms with E-state index >= 15 is 0 Å². The van der Waals surface area contributed by atoms with Crippen molar-refractivity contribution in [3.05, 3.63) is 54.7 Å². The van der Waals surface area contributed by atoms with Crippen LogP contribution in [0.4, 0.5) is 16.3 Å². The van der Waals surface area contributed by atoms with Gasteiger partial charge in [0.05, 0.1) is 18.1 Å². The third kappa shape index (κ3) is 6.56. The number of rotatable bonds is 5. The zero-order valence-electron chi connectivity index (χ0n) is 20.6. The Labute approximate surface area is 204 Å². The number of ether oxygens (including phenoxy) is 1. The van der Waals surface area contributed by atoms with Crippen LogP contribution < -0.4 is 10.2 Å². The highest BCUT2D eigenvalue weighted by Crippen LogP contribution is 2.20. The van der Waals surface area contributed by atoms with Crippen LogP contribution in [-0.4, -0.2) is 68.4 Å². The summed E-state index contributed by atoms with van der Waals surface area (Å²) in [6.45, 7) is 10.1. The molecule has 1 aliphatic heterocycles. The zero-order chi connectivity index (χ0) is 25.0. The first-order chi connectivity index (χ1) is 16.7. The van der Waals surface area contributed by atoms with Crippen molar-refractivity contribution in [2.75, 3.05) is 36.4 Å². The Kier molecular flexibility index (Phi) is 6.99. The van der Waals surface area contributed by atoms with Gasteiger partial charge < -0.3 is 19.9 Å². The van der Waals surface area contributed by atoms with Gasteiger partial charge in [-0.15, -0.1) is 0 Å². The first kappa shape index (κ1) is 24.2. The van der Waals surface area contributed by atoms with E-state index in [0.29, 0.717) is 32.0 Å². The molecule has 0 saturated carbocycles. The minimum absolute atomic E-state index is 0.0835. The van der Waals surface area contributed by atoms with Gasteiger partial charge in [-0.05, 0) is 57.5 Å². The Morgan fingerprint density at radius 1 is 1.03 bits per heavy atom. The number of anilines is 2. The van der Waals surface area contributed by atoms with E-state index in [2.05, 4.69) is 25.3 Å². The van der Waals surface area contributed by atoms with Crippen molar-refractivity contribution < 1.29 is 14.3 Å². The van der Waals surface area contributed by atoms with E-state index in [1.54, 1.807) is 34.2 Å². The molecule has 3 aromatic rings. The predicted octanol–water partition coefficient (Wildman–Crippen LogP) is 3.34. The van der Waals surface area contributed by atoms with Gasteiger partial charge in [-0.1, -0.05) is 0 Å². The molecule has 0 radical (unpaired) electrons. The summed E-state index contributed by atoms with van der Waals surface area (Å²) in [5, 5.41) is 7.10. The molecule has 10 heteroatoms. The minimum Gasteiger partial charge on any atom is -0.444 e. The third-order valence-electron chi connectivity index (χ3n) is 5.48. The molecule has 1 N–H and O–H groups in total. The highest BCUT2D eigenvalue weighted by Gasteiger charge is 2.26. The maximum atomic E-state index is 12.5. The molecule has 10 nitrogen and oxygen atoms in total. The second-order valence-corrected chi connectivity index (χ2v) is 9.52. The van der Waals surface area contributed by atoms with Crippen LogP contribution in [0.5, 0.6) is 0 Å². The molecule has 0 aromatic carbocycles. The van der Waals surface area contributed by atoms with Crippen molar-refractivity contribution in [3.8, 4) is 11.1 Å². The maximum Gasteiger partial charge on any atom is 0.410 e. The summed E-state index contributed by atoms with van der Waals surface area (Å²) >= 11 is 0. The molecule has 1 fully saturated rings. The molecule has 0 bridgehead atoms. The second kappa shape index (κ2) is 10.1. The van der Waals surface area contributed by atoms with E-state index in [1.165, 1.54) is 0 Å². The van der Waals surface area contributed by atoms with E-state index < -0.39 is 5.60 Å². The van der Waals surface area contributed by atoms with E-state index in [-0.39, 0.29) is 18.5 Å². The molecule has 1 saturated heterocycles. The van der Waals surface area contributed by atoms with Crippen molar-refractivity contribution in [2.24, 2.45) is 0 Å². The average molecular weight is 478 g/mol. The Bertz CT molecular complexity index is 1180. The fourth-order valence-corrected chi connectivity index (χ4v) is 3.77. The van der Waals surface area contributed by atoms with Gasteiger partial charge in [0.2, 0.25) is 5.91 Å². The Balaban J connectivity index is 1.27. The summed E-state index contributed by atoms with van der Waals surface area (Å²) in [6, 6.07) is 7.59. The number of carbonyl (C=O) groups excluding carboxylic acids is 2. The fraction of sp³-hybridized carbons (Fsp3) is 0.400. The van der Waals surface area contributed by atoms with Gasteiger partial charge in [-0.3, -0.25) is 14.5 Å². The van der Waals surface area contributed by atoms with Gasteiger partial charge in [0.25, 0.3) is 0 Å². The van der Waals surface area contributed by atoms with Gasteiger partial charge in [-0.25, -0.2) is 9.78 Å². The van der Waals surface area contributed by atoms with Crippen molar-refractivity contribution in [1.29, 1.82) is 0 Å². The normalized spacial score (nSPS) is 14.1. The smallest absolute Gasteiger partial charge is 0.410 e. The molecular weight excluding hydrogens is 446 g/mol. The predicted molar refractivity (Wildman–Crippen MR) is 133 cm³/mol. The quantitative estimate of drug-likeness (QED) is 0.601. The highest BCUT2D eigenvalue weighted by molar-refractivity contribution is 5.89. The number of hydrogen-bond donors (Lipinski definition) is 1. The number of piperazine rings is 1. The van der Waals surface area contributed by atoms with Gasteiger partial charge in [0, 0.05) is 49.8 Å². The number of carbonyl (C=O) groups is 2. The standard InChI is InChI=1S/C25H31N7O3/c1-18-13-19(7-8-26-18)20-14-28-32(16-20)17-23(33)29-22-6-5-21(15-27-22)30-9-11-31(12-10-30)24(34)35-25(2,3)4/h5-8,13-16H,9-12,17H2,1-4H3,(H,27,29,33). The summed E-state index contributed by atoms with van der Waals surface area (Å²) in [5.41, 5.74) is 3.30.